The summed E-state index contributed by atoms with van der Waals surface area (Å²) in [6.07, 6.45) is 9.72. The van der Waals surface area contributed by atoms with Gasteiger partial charge in [0.2, 0.25) is 17.8 Å². The van der Waals surface area contributed by atoms with Gasteiger partial charge in [0.1, 0.15) is 24.8 Å². The molecule has 3 fully saturated rings. The van der Waals surface area contributed by atoms with Gasteiger partial charge < -0.3 is 29.7 Å². The molecule has 1 unspecified atom stereocenters. The topological polar surface area (TPSA) is 184 Å². The fraction of sp³-hybridized carbons (Fsp3) is 0.356. The second kappa shape index (κ2) is 16.6. The molecule has 0 saturated carbocycles. The average Bonchev–Trinajstić information content (AvgIpc) is 3.81. The summed E-state index contributed by atoms with van der Waals surface area (Å²) in [5, 5.41) is 14.2. The maximum atomic E-state index is 13.5. The second-order valence-electron chi connectivity index (χ2n) is 17.1. The van der Waals surface area contributed by atoms with Gasteiger partial charge in [0.05, 0.1) is 40.3 Å². The molecule has 3 aromatic carbocycles. The molecule has 1 atom stereocenters. The number of ether oxygens (including phenoxy) is 1. The number of methoxy groups -OCH3 is 1. The lowest BCUT2D eigenvalue weighted by Crippen LogP contribution is -2.54. The van der Waals surface area contributed by atoms with E-state index in [1.54, 1.807) is 43.5 Å². The number of aromatic nitrogens is 4. The number of anilines is 6. The van der Waals surface area contributed by atoms with Gasteiger partial charge in [-0.15, -0.1) is 0 Å². The van der Waals surface area contributed by atoms with Crippen molar-refractivity contribution in [3.63, 3.8) is 0 Å². The third-order valence-electron chi connectivity index (χ3n) is 12.8. The van der Waals surface area contributed by atoms with E-state index in [1.165, 1.54) is 0 Å². The van der Waals surface area contributed by atoms with Gasteiger partial charge in [0.25, 0.3) is 11.8 Å². The predicted molar refractivity (Wildman–Crippen MR) is 245 cm³/mol. The van der Waals surface area contributed by atoms with Gasteiger partial charge in [0.15, 0.2) is 0 Å². The Morgan fingerprint density at radius 1 is 0.857 bits per heavy atom. The van der Waals surface area contributed by atoms with Gasteiger partial charge >= 0.3 is 0 Å². The van der Waals surface area contributed by atoms with E-state index in [2.05, 4.69) is 63.9 Å². The summed E-state index contributed by atoms with van der Waals surface area (Å²) in [6.45, 7) is 6.81. The number of fused-ring (bicyclic) bond motifs is 1. The monoisotopic (exact) mass is 934 g/mol. The van der Waals surface area contributed by atoms with Crippen LogP contribution in [0, 0.1) is 5.41 Å². The van der Waals surface area contributed by atoms with Crippen molar-refractivity contribution in [3.05, 3.63) is 88.8 Å². The Bertz CT molecular complexity index is 2720. The number of amides is 4. The number of para-hydroxylation sites is 1. The summed E-state index contributed by atoms with van der Waals surface area (Å²) in [7, 11) is 0.976. The van der Waals surface area contributed by atoms with Crippen LogP contribution in [0.2, 0.25) is 0 Å². The summed E-state index contributed by atoms with van der Waals surface area (Å²) >= 11 is 3.58. The highest BCUT2D eigenvalue weighted by Crippen LogP contribution is 2.47. The molecule has 4 aliphatic rings. The molecule has 2 aromatic heterocycles. The number of rotatable bonds is 10. The molecule has 1 spiro atoms. The van der Waals surface area contributed by atoms with Crippen LogP contribution < -0.4 is 35.8 Å². The molecule has 9 rings (SSSR count). The maximum Gasteiger partial charge on any atom is 0.262 e. The summed E-state index contributed by atoms with van der Waals surface area (Å²) in [6, 6.07) is 16.0. The number of carbonyl (C=O) groups excluding carboxylic acids is 4. The van der Waals surface area contributed by atoms with Crippen LogP contribution in [0.4, 0.5) is 34.5 Å². The average molecular weight is 936 g/mol. The molecule has 6 heterocycles. The zero-order valence-corrected chi connectivity index (χ0v) is 38.0. The molecule has 0 radical (unpaired) electrons. The Balaban J connectivity index is 0.900. The van der Waals surface area contributed by atoms with E-state index in [-0.39, 0.29) is 23.8 Å². The molecule has 0 bridgehead atoms. The molecule has 63 heavy (non-hydrogen) atoms. The van der Waals surface area contributed by atoms with Gasteiger partial charge in [-0.2, -0.15) is 10.1 Å². The molecule has 18 heteroatoms. The minimum Gasteiger partial charge on any atom is -0.494 e. The molecule has 3 saturated heterocycles. The number of halogens is 1. The standard InChI is InChI=1S/C45H48BrN10O6P/c1-53-26-27(24-48-53)30-22-34(50-44-47-25-32(46)40(52-44)49-33-7-5-6-8-38(33)63(3,4)61)37(62-2)23-36(30)55-19-15-45(16-20-55)13-17-54(18-14-45)28-9-10-29-31(21-28)43(60)56(42(29)59)35-11-12-39(57)51-41(35)58/h5-10,21-26,35H,11-20H2,1-4H3,(H,51,57,58)(H2,47,49,50,52). The SMILES string of the molecule is COc1cc(N2CCC3(CCN(c4ccc5c(c4)C(=O)N(C4CCC(=O)NC4=O)C5=O)CC3)CC2)c(-c2cnn(C)c2)cc1Nc1ncc(Br)c(Nc2ccccc2P(C)(C)=O)n1. The van der Waals surface area contributed by atoms with Gasteiger partial charge in [-0.25, -0.2) is 4.98 Å². The fourth-order valence-corrected chi connectivity index (χ4v) is 10.8. The van der Waals surface area contributed by atoms with E-state index in [9.17, 15) is 23.7 Å². The van der Waals surface area contributed by atoms with Gasteiger partial charge in [-0.1, -0.05) is 12.1 Å². The Labute approximate surface area is 373 Å². The van der Waals surface area contributed by atoms with Crippen molar-refractivity contribution >= 4 is 86.5 Å². The van der Waals surface area contributed by atoms with E-state index in [4.69, 9.17) is 9.72 Å². The summed E-state index contributed by atoms with van der Waals surface area (Å²) < 4.78 is 21.5. The lowest BCUT2D eigenvalue weighted by atomic mass is 9.71. The maximum absolute atomic E-state index is 13.5. The van der Waals surface area contributed by atoms with Crippen molar-refractivity contribution in [2.75, 3.05) is 67.1 Å². The lowest BCUT2D eigenvalue weighted by molar-refractivity contribution is -0.136. The summed E-state index contributed by atoms with van der Waals surface area (Å²) in [5.41, 5.74) is 6.01. The number of hydrogen-bond donors (Lipinski definition) is 3. The van der Waals surface area contributed by atoms with Crippen LogP contribution in [-0.4, -0.2) is 101 Å². The first kappa shape index (κ1) is 42.3. The van der Waals surface area contributed by atoms with E-state index < -0.39 is 36.8 Å². The van der Waals surface area contributed by atoms with Crippen LogP contribution in [0.25, 0.3) is 11.1 Å². The first-order valence-electron chi connectivity index (χ1n) is 21.0. The normalized spacial score (nSPS) is 18.7. The van der Waals surface area contributed by atoms with Crippen LogP contribution >= 0.6 is 23.1 Å². The number of benzene rings is 3. The first-order valence-corrected chi connectivity index (χ1v) is 24.4. The molecule has 16 nitrogen and oxygen atoms in total. The number of nitrogens with zero attached hydrogens (tertiary/aromatic N) is 7. The third kappa shape index (κ3) is 8.19. The third-order valence-corrected chi connectivity index (χ3v) is 15.0. The minimum atomic E-state index is -2.57. The van der Waals surface area contributed by atoms with Crippen LogP contribution in [0.3, 0.4) is 0 Å². The number of aryl methyl sites for hydroxylation is 1. The van der Waals surface area contributed by atoms with Crippen LogP contribution in [0.1, 0.15) is 59.2 Å². The predicted octanol–water partition coefficient (Wildman–Crippen LogP) is 6.67. The van der Waals surface area contributed by atoms with E-state index in [0.29, 0.717) is 38.9 Å². The highest BCUT2D eigenvalue weighted by Gasteiger charge is 2.45. The Hall–Kier alpha value is -6.06. The largest absolute Gasteiger partial charge is 0.494 e. The second-order valence-corrected chi connectivity index (χ2v) is 21.2. The van der Waals surface area contributed by atoms with Crippen molar-refractivity contribution in [1.29, 1.82) is 0 Å². The van der Waals surface area contributed by atoms with Crippen LogP contribution in [0.5, 0.6) is 5.75 Å². The van der Waals surface area contributed by atoms with Crippen molar-refractivity contribution in [2.45, 2.75) is 44.6 Å². The molecule has 326 valence electrons. The van der Waals surface area contributed by atoms with Gasteiger partial charge in [-0.3, -0.25) is 34.1 Å². The number of carbonyl (C=O) groups is 4. The highest BCUT2D eigenvalue weighted by molar-refractivity contribution is 9.10. The van der Waals surface area contributed by atoms with Gasteiger partial charge in [0, 0.05) is 85.9 Å². The molecule has 5 aromatic rings. The number of piperidine rings is 3. The Kier molecular flexibility index (Phi) is 11.1. The summed E-state index contributed by atoms with van der Waals surface area (Å²) in [4.78, 5) is 66.1. The summed E-state index contributed by atoms with van der Waals surface area (Å²) in [5.74, 6) is -0.515. The van der Waals surface area contributed by atoms with Gasteiger partial charge in [-0.05, 0) is 103 Å². The minimum absolute atomic E-state index is 0.0807. The molecular weight excluding hydrogens is 887 g/mol. The van der Waals surface area contributed by atoms with Crippen molar-refractivity contribution < 1.29 is 28.5 Å². The van der Waals surface area contributed by atoms with Crippen LogP contribution in [-0.2, 0) is 21.2 Å². The Morgan fingerprint density at radius 3 is 2.25 bits per heavy atom. The van der Waals surface area contributed by atoms with Crippen molar-refractivity contribution in [3.8, 4) is 16.9 Å². The zero-order chi connectivity index (χ0) is 44.2. The number of imide groups is 2. The molecular formula is C45H48BrN10O6P. The fourth-order valence-electron chi connectivity index (χ4n) is 9.32. The zero-order valence-electron chi connectivity index (χ0n) is 35.5. The van der Waals surface area contributed by atoms with E-state index in [0.717, 1.165) is 84.6 Å². The first-order chi connectivity index (χ1) is 30.2. The molecule has 4 amide bonds. The number of hydrogen-bond acceptors (Lipinski definition) is 13. The number of nitrogens with one attached hydrogen (secondary N) is 3. The van der Waals surface area contributed by atoms with E-state index in [1.807, 2.05) is 49.8 Å². The molecule has 0 aliphatic carbocycles. The highest BCUT2D eigenvalue weighted by atomic mass is 79.9. The smallest absolute Gasteiger partial charge is 0.262 e. The van der Waals surface area contributed by atoms with Crippen molar-refractivity contribution in [2.24, 2.45) is 12.5 Å². The Morgan fingerprint density at radius 2 is 1.57 bits per heavy atom. The quantitative estimate of drug-likeness (QED) is 0.0998. The van der Waals surface area contributed by atoms with E-state index >= 15 is 0 Å². The lowest BCUT2D eigenvalue weighted by Gasteiger charge is -2.48. The van der Waals surface area contributed by atoms with Crippen molar-refractivity contribution in [1.82, 2.24) is 30.0 Å². The molecule has 3 N–H and O–H groups in total. The molecule has 4 aliphatic heterocycles. The van der Waals surface area contributed by atoms with Crippen LogP contribution in [0.15, 0.2) is 77.7 Å².